The van der Waals surface area contributed by atoms with Gasteiger partial charge in [0.1, 0.15) is 5.82 Å². The summed E-state index contributed by atoms with van der Waals surface area (Å²) in [7, 11) is 0. The standard InChI is InChI=1S/C26H29N7O/c1-16-15-33(19-7-4-10-29-21(16)19)25(34)22-24(28)31-20(14-30-22)32-11-8-26(9-12-32)13-17-5-2-3-6-18(17)23(26)27/h2-7,10,14,16,23H,8-9,11-13,15,27H2,1H3,(H2,28,31). The van der Waals surface area contributed by atoms with Crippen molar-refractivity contribution >= 4 is 23.2 Å². The summed E-state index contributed by atoms with van der Waals surface area (Å²) in [4.78, 5) is 30.7. The number of piperidine rings is 1. The fourth-order valence-corrected chi connectivity index (χ4v) is 5.99. The summed E-state index contributed by atoms with van der Waals surface area (Å²) in [5, 5.41) is 0. The van der Waals surface area contributed by atoms with Crippen molar-refractivity contribution < 1.29 is 4.79 Å². The second-order valence-electron chi connectivity index (χ2n) is 9.89. The smallest absolute Gasteiger partial charge is 0.280 e. The highest BCUT2D eigenvalue weighted by atomic mass is 16.2. The molecule has 6 rings (SSSR count). The molecule has 3 aromatic rings. The Morgan fingerprint density at radius 3 is 2.68 bits per heavy atom. The number of carbonyl (C=O) groups is 1. The van der Waals surface area contributed by atoms with Crippen molar-refractivity contribution in [2.45, 2.75) is 38.1 Å². The lowest BCUT2D eigenvalue weighted by molar-refractivity contribution is 0.0984. The molecule has 174 valence electrons. The number of fused-ring (bicyclic) bond motifs is 2. The van der Waals surface area contributed by atoms with Gasteiger partial charge in [0, 0.05) is 37.8 Å². The molecular weight excluding hydrogens is 426 g/mol. The second-order valence-corrected chi connectivity index (χ2v) is 9.89. The molecule has 4 heterocycles. The predicted octanol–water partition coefficient (Wildman–Crippen LogP) is 3.06. The van der Waals surface area contributed by atoms with Gasteiger partial charge in [0.15, 0.2) is 11.5 Å². The van der Waals surface area contributed by atoms with E-state index < -0.39 is 0 Å². The zero-order valence-corrected chi connectivity index (χ0v) is 19.3. The molecule has 8 heteroatoms. The van der Waals surface area contributed by atoms with Gasteiger partial charge in [-0.2, -0.15) is 0 Å². The van der Waals surface area contributed by atoms with Crippen molar-refractivity contribution in [3.05, 3.63) is 71.3 Å². The normalized spacial score (nSPS) is 22.6. The van der Waals surface area contributed by atoms with Crippen LogP contribution in [0.3, 0.4) is 0 Å². The lowest BCUT2D eigenvalue weighted by Gasteiger charge is -2.42. The molecule has 1 aromatic carbocycles. The van der Waals surface area contributed by atoms with Crippen LogP contribution in [0.25, 0.3) is 0 Å². The molecule has 2 unspecified atom stereocenters. The molecule has 2 aliphatic heterocycles. The summed E-state index contributed by atoms with van der Waals surface area (Å²) < 4.78 is 0. The van der Waals surface area contributed by atoms with Gasteiger partial charge >= 0.3 is 0 Å². The van der Waals surface area contributed by atoms with Crippen LogP contribution in [-0.2, 0) is 6.42 Å². The number of nitrogen functional groups attached to an aromatic ring is 1. The Balaban J connectivity index is 1.18. The third-order valence-electron chi connectivity index (χ3n) is 7.94. The van der Waals surface area contributed by atoms with Gasteiger partial charge in [0.05, 0.1) is 17.6 Å². The zero-order chi connectivity index (χ0) is 23.4. The van der Waals surface area contributed by atoms with Gasteiger partial charge in [-0.3, -0.25) is 9.78 Å². The number of nitrogens with zero attached hydrogens (tertiary/aromatic N) is 5. The Hall–Kier alpha value is -3.52. The van der Waals surface area contributed by atoms with Crippen molar-refractivity contribution in [3.63, 3.8) is 0 Å². The zero-order valence-electron chi connectivity index (χ0n) is 19.3. The summed E-state index contributed by atoms with van der Waals surface area (Å²) >= 11 is 0. The van der Waals surface area contributed by atoms with Gasteiger partial charge in [-0.05, 0) is 47.9 Å². The predicted molar refractivity (Wildman–Crippen MR) is 132 cm³/mol. The van der Waals surface area contributed by atoms with Crippen LogP contribution in [0, 0.1) is 5.41 Å². The summed E-state index contributed by atoms with van der Waals surface area (Å²) in [5.74, 6) is 0.812. The number of carbonyl (C=O) groups excluding carboxylic acids is 1. The summed E-state index contributed by atoms with van der Waals surface area (Å²) in [5.41, 5.74) is 17.7. The minimum Gasteiger partial charge on any atom is -0.382 e. The fourth-order valence-electron chi connectivity index (χ4n) is 5.99. The molecule has 1 spiro atoms. The van der Waals surface area contributed by atoms with Gasteiger partial charge in [-0.15, -0.1) is 0 Å². The number of anilines is 3. The molecular formula is C26H29N7O. The summed E-state index contributed by atoms with van der Waals surface area (Å²) in [6.07, 6.45) is 6.44. The number of hydrogen-bond donors (Lipinski definition) is 2. The topological polar surface area (TPSA) is 114 Å². The molecule has 1 fully saturated rings. The van der Waals surface area contributed by atoms with Crippen LogP contribution in [-0.4, -0.2) is 40.5 Å². The maximum Gasteiger partial charge on any atom is 0.280 e. The molecule has 0 radical (unpaired) electrons. The average Bonchev–Trinajstić information content (AvgIpc) is 3.34. The number of benzene rings is 1. The van der Waals surface area contributed by atoms with Gasteiger partial charge < -0.3 is 21.3 Å². The molecule has 0 bridgehead atoms. The van der Waals surface area contributed by atoms with Crippen molar-refractivity contribution in [1.82, 2.24) is 15.0 Å². The van der Waals surface area contributed by atoms with E-state index in [1.165, 1.54) is 11.1 Å². The molecule has 1 amide bonds. The van der Waals surface area contributed by atoms with E-state index in [9.17, 15) is 4.79 Å². The van der Waals surface area contributed by atoms with Crippen molar-refractivity contribution in [2.24, 2.45) is 11.1 Å². The largest absolute Gasteiger partial charge is 0.382 e. The third kappa shape index (κ3) is 3.16. The summed E-state index contributed by atoms with van der Waals surface area (Å²) in [6, 6.07) is 12.4. The van der Waals surface area contributed by atoms with Gasteiger partial charge in [0.25, 0.3) is 5.91 Å². The molecule has 4 N–H and O–H groups in total. The first-order chi connectivity index (χ1) is 16.5. The van der Waals surface area contributed by atoms with Crippen LogP contribution in [0.2, 0.25) is 0 Å². The number of hydrogen-bond acceptors (Lipinski definition) is 7. The Morgan fingerprint density at radius 2 is 1.91 bits per heavy atom. The lowest BCUT2D eigenvalue weighted by Crippen LogP contribution is -2.44. The number of nitrogens with two attached hydrogens (primary N) is 2. The maximum atomic E-state index is 13.3. The first kappa shape index (κ1) is 21.0. The van der Waals surface area contributed by atoms with E-state index in [0.29, 0.717) is 12.4 Å². The van der Waals surface area contributed by atoms with E-state index in [0.717, 1.165) is 43.7 Å². The Morgan fingerprint density at radius 1 is 1.12 bits per heavy atom. The van der Waals surface area contributed by atoms with Crippen LogP contribution in [0.1, 0.15) is 59.0 Å². The van der Waals surface area contributed by atoms with E-state index in [-0.39, 0.29) is 34.8 Å². The monoisotopic (exact) mass is 455 g/mol. The quantitative estimate of drug-likeness (QED) is 0.610. The van der Waals surface area contributed by atoms with Crippen LogP contribution >= 0.6 is 0 Å². The maximum absolute atomic E-state index is 13.3. The van der Waals surface area contributed by atoms with E-state index >= 15 is 0 Å². The number of pyridine rings is 1. The van der Waals surface area contributed by atoms with Crippen molar-refractivity contribution in [1.29, 1.82) is 0 Å². The molecule has 2 aromatic heterocycles. The van der Waals surface area contributed by atoms with Gasteiger partial charge in [0.2, 0.25) is 0 Å². The van der Waals surface area contributed by atoms with E-state index in [1.54, 1.807) is 17.3 Å². The Kier molecular flexibility index (Phi) is 4.81. The molecule has 1 aliphatic carbocycles. The fraction of sp³-hybridized carbons (Fsp3) is 0.385. The number of amides is 1. The molecule has 34 heavy (non-hydrogen) atoms. The number of rotatable bonds is 2. The van der Waals surface area contributed by atoms with Gasteiger partial charge in [-0.1, -0.05) is 31.2 Å². The molecule has 0 saturated carbocycles. The van der Waals surface area contributed by atoms with Crippen molar-refractivity contribution in [3.8, 4) is 0 Å². The van der Waals surface area contributed by atoms with Crippen LogP contribution in [0.4, 0.5) is 17.3 Å². The first-order valence-electron chi connectivity index (χ1n) is 11.9. The number of aromatic nitrogens is 3. The third-order valence-corrected chi connectivity index (χ3v) is 7.94. The SMILES string of the molecule is CC1CN(C(=O)c2ncc(N3CCC4(CC3)Cc3ccccc3C4N)nc2N)c2cccnc21. The Labute approximate surface area is 199 Å². The van der Waals surface area contributed by atoms with E-state index in [1.807, 2.05) is 12.1 Å². The highest BCUT2D eigenvalue weighted by Gasteiger charge is 2.46. The van der Waals surface area contributed by atoms with Crippen LogP contribution in [0.5, 0.6) is 0 Å². The molecule has 2 atom stereocenters. The molecule has 3 aliphatic rings. The minimum absolute atomic E-state index is 0.0715. The van der Waals surface area contributed by atoms with Gasteiger partial charge in [-0.25, -0.2) is 9.97 Å². The first-order valence-corrected chi connectivity index (χ1v) is 11.9. The minimum atomic E-state index is -0.234. The molecule has 8 nitrogen and oxygen atoms in total. The van der Waals surface area contributed by atoms with Crippen molar-refractivity contribution in [2.75, 3.05) is 35.2 Å². The van der Waals surface area contributed by atoms with Crippen LogP contribution < -0.4 is 21.3 Å². The lowest BCUT2D eigenvalue weighted by atomic mass is 9.73. The highest BCUT2D eigenvalue weighted by molar-refractivity contribution is 6.08. The highest BCUT2D eigenvalue weighted by Crippen LogP contribution is 2.50. The summed E-state index contributed by atoms with van der Waals surface area (Å²) in [6.45, 7) is 4.30. The molecule has 1 saturated heterocycles. The van der Waals surface area contributed by atoms with E-state index in [2.05, 4.69) is 51.0 Å². The Bertz CT molecular complexity index is 1270. The average molecular weight is 456 g/mol. The van der Waals surface area contributed by atoms with Crippen LogP contribution in [0.15, 0.2) is 48.8 Å². The van der Waals surface area contributed by atoms with E-state index in [4.69, 9.17) is 11.5 Å². The second kappa shape index (κ2) is 7.77.